The van der Waals surface area contributed by atoms with Gasteiger partial charge in [-0.15, -0.1) is 10.2 Å². The fourth-order valence-electron chi connectivity index (χ4n) is 5.25. The number of likely N-dealkylation sites (tertiary alicyclic amines) is 1. The number of fused-ring (bicyclic) bond motifs is 1. The number of hydrogen-bond acceptors (Lipinski definition) is 5. The summed E-state index contributed by atoms with van der Waals surface area (Å²) in [6, 6.07) is 12.3. The van der Waals surface area contributed by atoms with Crippen molar-refractivity contribution >= 4 is 16.8 Å². The molecule has 1 aromatic carbocycles. The molecule has 2 aromatic heterocycles. The smallest absolute Gasteiger partial charge is 0.272 e. The first-order chi connectivity index (χ1) is 14.7. The van der Waals surface area contributed by atoms with E-state index in [1.165, 1.54) is 12.8 Å². The molecular formula is C23H25N5O2. The van der Waals surface area contributed by atoms with Gasteiger partial charge < -0.3 is 14.2 Å². The molecule has 1 unspecified atom stereocenters. The van der Waals surface area contributed by atoms with Crippen LogP contribution in [0.2, 0.25) is 0 Å². The Bertz CT molecular complexity index is 1100. The molecule has 1 saturated carbocycles. The molecule has 7 nitrogen and oxygen atoms in total. The van der Waals surface area contributed by atoms with Crippen molar-refractivity contribution in [3.63, 3.8) is 0 Å². The van der Waals surface area contributed by atoms with Crippen LogP contribution in [0.5, 0.6) is 0 Å². The van der Waals surface area contributed by atoms with Gasteiger partial charge in [0.15, 0.2) is 0 Å². The Morgan fingerprint density at radius 1 is 1.10 bits per heavy atom. The van der Waals surface area contributed by atoms with Gasteiger partial charge in [-0.2, -0.15) is 0 Å². The molecule has 2 saturated heterocycles. The molecule has 0 N–H and O–H groups in total. The Kier molecular flexibility index (Phi) is 4.13. The van der Waals surface area contributed by atoms with E-state index in [9.17, 15) is 4.79 Å². The lowest BCUT2D eigenvalue weighted by Crippen LogP contribution is -2.38. The van der Waals surface area contributed by atoms with Gasteiger partial charge in [0.05, 0.1) is 5.52 Å². The summed E-state index contributed by atoms with van der Waals surface area (Å²) in [5.41, 5.74) is 1.37. The van der Waals surface area contributed by atoms with Crippen LogP contribution in [0.3, 0.4) is 0 Å². The Hall–Kier alpha value is -2.80. The number of amides is 1. The standard InChI is InChI=1S/C23H25N5O2/c29-22(20-8-5-16-3-1-2-4-19(16)25-20)27-13-18(23(14-27)9-11-30-12-10-23)21-26-24-15-28(21)17-6-7-17/h1-5,8,15,17-18H,6-7,9-14H2. The lowest BCUT2D eigenvalue weighted by Gasteiger charge is -2.37. The van der Waals surface area contributed by atoms with Crippen molar-refractivity contribution in [2.24, 2.45) is 5.41 Å². The highest BCUT2D eigenvalue weighted by Crippen LogP contribution is 2.50. The van der Waals surface area contributed by atoms with Gasteiger partial charge in [-0.25, -0.2) is 4.98 Å². The molecule has 30 heavy (non-hydrogen) atoms. The maximum absolute atomic E-state index is 13.5. The molecular weight excluding hydrogens is 378 g/mol. The predicted molar refractivity (Wildman–Crippen MR) is 111 cm³/mol. The Labute approximate surface area is 175 Å². The van der Waals surface area contributed by atoms with E-state index in [0.717, 1.165) is 49.3 Å². The van der Waals surface area contributed by atoms with E-state index >= 15 is 0 Å². The lowest BCUT2D eigenvalue weighted by molar-refractivity contribution is 0.0107. The number of nitrogens with zero attached hydrogens (tertiary/aromatic N) is 5. The maximum Gasteiger partial charge on any atom is 0.272 e. The van der Waals surface area contributed by atoms with Gasteiger partial charge in [-0.1, -0.05) is 24.3 Å². The average Bonchev–Trinajstić information content (AvgIpc) is 3.42. The minimum Gasteiger partial charge on any atom is -0.381 e. The SMILES string of the molecule is O=C(c1ccc2ccccc2n1)N1CC(c2nncn2C2CC2)C2(CCOCC2)C1. The Morgan fingerprint density at radius 2 is 1.93 bits per heavy atom. The van der Waals surface area contributed by atoms with E-state index < -0.39 is 0 Å². The van der Waals surface area contributed by atoms with Crippen LogP contribution >= 0.6 is 0 Å². The number of rotatable bonds is 3. The van der Waals surface area contributed by atoms with E-state index in [4.69, 9.17) is 4.74 Å². The van der Waals surface area contributed by atoms with Crippen LogP contribution in [0.25, 0.3) is 10.9 Å². The van der Waals surface area contributed by atoms with Crippen LogP contribution in [0, 0.1) is 5.41 Å². The molecule has 1 atom stereocenters. The quantitative estimate of drug-likeness (QED) is 0.672. The van der Waals surface area contributed by atoms with E-state index in [-0.39, 0.29) is 17.2 Å². The van der Waals surface area contributed by atoms with Gasteiger partial charge in [-0.3, -0.25) is 4.79 Å². The van der Waals surface area contributed by atoms with E-state index in [2.05, 4.69) is 19.7 Å². The normalized spacial score (nSPS) is 23.3. The first kappa shape index (κ1) is 18.0. The topological polar surface area (TPSA) is 73.1 Å². The van der Waals surface area contributed by atoms with Gasteiger partial charge in [-0.05, 0) is 37.8 Å². The van der Waals surface area contributed by atoms with Gasteiger partial charge >= 0.3 is 0 Å². The van der Waals surface area contributed by atoms with Crippen LogP contribution in [0.15, 0.2) is 42.7 Å². The molecule has 1 aliphatic carbocycles. The van der Waals surface area contributed by atoms with Gasteiger partial charge in [0, 0.05) is 49.1 Å². The van der Waals surface area contributed by atoms with Crippen LogP contribution < -0.4 is 0 Å². The van der Waals surface area contributed by atoms with Crippen molar-refractivity contribution in [2.75, 3.05) is 26.3 Å². The van der Waals surface area contributed by atoms with Crippen molar-refractivity contribution in [3.05, 3.63) is 54.2 Å². The first-order valence-electron chi connectivity index (χ1n) is 10.9. The van der Waals surface area contributed by atoms with Crippen LogP contribution in [-0.2, 0) is 4.74 Å². The van der Waals surface area contributed by atoms with Crippen molar-refractivity contribution in [1.82, 2.24) is 24.6 Å². The number of carbonyl (C=O) groups excluding carboxylic acids is 1. The number of para-hydroxylation sites is 1. The second kappa shape index (κ2) is 6.87. The van der Waals surface area contributed by atoms with Gasteiger partial charge in [0.1, 0.15) is 17.8 Å². The number of ether oxygens (including phenoxy) is 1. The van der Waals surface area contributed by atoms with Crippen LogP contribution in [0.4, 0.5) is 0 Å². The van der Waals surface area contributed by atoms with Crippen molar-refractivity contribution < 1.29 is 9.53 Å². The van der Waals surface area contributed by atoms with E-state index in [0.29, 0.717) is 18.3 Å². The molecule has 2 aliphatic heterocycles. The zero-order valence-corrected chi connectivity index (χ0v) is 16.9. The molecule has 1 spiro atoms. The van der Waals surface area contributed by atoms with Gasteiger partial charge in [0.25, 0.3) is 5.91 Å². The summed E-state index contributed by atoms with van der Waals surface area (Å²) in [5.74, 6) is 1.24. The molecule has 1 amide bonds. The van der Waals surface area contributed by atoms with E-state index in [1.54, 1.807) is 0 Å². The molecule has 6 rings (SSSR count). The summed E-state index contributed by atoms with van der Waals surface area (Å²) in [6.45, 7) is 2.87. The second-order valence-corrected chi connectivity index (χ2v) is 8.93. The van der Waals surface area contributed by atoms with Crippen molar-refractivity contribution in [3.8, 4) is 0 Å². The predicted octanol–water partition coefficient (Wildman–Crippen LogP) is 3.20. The molecule has 0 bridgehead atoms. The highest BCUT2D eigenvalue weighted by Gasteiger charge is 2.51. The minimum atomic E-state index is 0.00440. The third-order valence-electron chi connectivity index (χ3n) is 7.09. The summed E-state index contributed by atoms with van der Waals surface area (Å²) < 4.78 is 7.94. The number of pyridine rings is 1. The monoisotopic (exact) mass is 403 g/mol. The number of hydrogen-bond donors (Lipinski definition) is 0. The Balaban J connectivity index is 1.34. The molecule has 154 valence electrons. The summed E-state index contributed by atoms with van der Waals surface area (Å²) in [4.78, 5) is 20.1. The minimum absolute atomic E-state index is 0.00440. The molecule has 3 fully saturated rings. The largest absolute Gasteiger partial charge is 0.381 e. The maximum atomic E-state index is 13.5. The number of carbonyl (C=O) groups is 1. The van der Waals surface area contributed by atoms with Crippen LogP contribution in [0.1, 0.15) is 54.0 Å². The first-order valence-corrected chi connectivity index (χ1v) is 10.9. The summed E-state index contributed by atoms with van der Waals surface area (Å²) in [7, 11) is 0. The second-order valence-electron chi connectivity index (χ2n) is 8.93. The average molecular weight is 403 g/mol. The van der Waals surface area contributed by atoms with E-state index in [1.807, 2.05) is 47.6 Å². The molecule has 0 radical (unpaired) electrons. The fourth-order valence-corrected chi connectivity index (χ4v) is 5.25. The summed E-state index contributed by atoms with van der Waals surface area (Å²) >= 11 is 0. The third-order valence-corrected chi connectivity index (χ3v) is 7.09. The summed E-state index contributed by atoms with van der Waals surface area (Å²) in [6.07, 6.45) is 6.15. The molecule has 3 aromatic rings. The van der Waals surface area contributed by atoms with Crippen LogP contribution in [-0.4, -0.2) is 56.9 Å². The zero-order chi connectivity index (χ0) is 20.1. The molecule has 3 aliphatic rings. The molecule has 4 heterocycles. The Morgan fingerprint density at radius 3 is 2.77 bits per heavy atom. The highest BCUT2D eigenvalue weighted by atomic mass is 16.5. The fraction of sp³-hybridized carbons (Fsp3) is 0.478. The van der Waals surface area contributed by atoms with Crippen molar-refractivity contribution in [2.45, 2.75) is 37.6 Å². The zero-order valence-electron chi connectivity index (χ0n) is 16.9. The summed E-state index contributed by atoms with van der Waals surface area (Å²) in [5, 5.41) is 9.82. The molecule has 7 heteroatoms. The lowest BCUT2D eigenvalue weighted by atomic mass is 9.71. The third kappa shape index (κ3) is 2.91. The van der Waals surface area contributed by atoms with Gasteiger partial charge in [0.2, 0.25) is 0 Å². The number of aromatic nitrogens is 4. The highest BCUT2D eigenvalue weighted by molar-refractivity contribution is 5.95. The van der Waals surface area contributed by atoms with Crippen molar-refractivity contribution in [1.29, 1.82) is 0 Å². The number of benzene rings is 1.